The van der Waals surface area contributed by atoms with E-state index in [1.54, 1.807) is 0 Å². The molecule has 16 nitrogen and oxygen atoms in total. The minimum absolute atomic E-state index is 0. The zero-order valence-electron chi connectivity index (χ0n) is 42.3. The fourth-order valence-corrected chi connectivity index (χ4v) is 11.2. The smallest absolute Gasteiger partial charge is 0.164 e. The number of hydrogen-bond acceptors (Lipinski definition) is 12. The topological polar surface area (TPSA) is 218 Å². The van der Waals surface area contributed by atoms with Crippen LogP contribution in [0.4, 0.5) is 0 Å². The van der Waals surface area contributed by atoms with E-state index in [-0.39, 0.29) is 40.4 Å². The Balaban J connectivity index is 0.000000132. The fraction of sp³-hybridized carbons (Fsp3) is 0. The van der Waals surface area contributed by atoms with E-state index in [0.717, 1.165) is 87.6 Å². The van der Waals surface area contributed by atoms with Gasteiger partial charge in [0.15, 0.2) is 46.6 Å². The molecular formula is C64H36N16Pm. The van der Waals surface area contributed by atoms with Crippen molar-refractivity contribution < 1.29 is 40.4 Å². The van der Waals surface area contributed by atoms with Crippen molar-refractivity contribution in [2.24, 2.45) is 0 Å². The molecule has 17 heteroatoms. The Bertz CT molecular complexity index is 4390. The van der Waals surface area contributed by atoms with Crippen LogP contribution in [0.2, 0.25) is 0 Å². The number of nitrogens with zero attached hydrogens (tertiary/aromatic N) is 12. The maximum Gasteiger partial charge on any atom is 0.164 e. The molecule has 10 heterocycles. The van der Waals surface area contributed by atoms with Gasteiger partial charge >= 0.3 is 0 Å². The molecule has 16 bridgehead atoms. The Hall–Kier alpha value is -10.2. The van der Waals surface area contributed by atoms with Crippen LogP contribution in [-0.4, -0.2) is 79.7 Å². The summed E-state index contributed by atoms with van der Waals surface area (Å²) >= 11 is 0. The molecule has 4 aliphatic heterocycles. The van der Waals surface area contributed by atoms with Crippen molar-refractivity contribution in [3.63, 3.8) is 0 Å². The van der Waals surface area contributed by atoms with Crippen LogP contribution >= 0.6 is 0 Å². The van der Waals surface area contributed by atoms with Gasteiger partial charge in [-0.3, -0.25) is 0 Å². The van der Waals surface area contributed by atoms with Gasteiger partial charge < -0.3 is 19.9 Å². The Morgan fingerprint density at radius 1 is 0.160 bits per heavy atom. The average Bonchev–Trinajstić information content (AvgIpc) is 4.53. The Kier molecular flexibility index (Phi) is 10.7. The van der Waals surface area contributed by atoms with Gasteiger partial charge in [-0.25, -0.2) is 59.8 Å². The molecule has 0 atom stereocenters. The molecule has 18 rings (SSSR count). The van der Waals surface area contributed by atoms with Crippen molar-refractivity contribution in [1.82, 2.24) is 79.7 Å². The first kappa shape index (κ1) is 46.9. The second-order valence-corrected chi connectivity index (χ2v) is 19.6. The van der Waals surface area contributed by atoms with Crippen molar-refractivity contribution in [1.29, 1.82) is 0 Å². The van der Waals surface area contributed by atoms with E-state index >= 15 is 0 Å². The number of benzene rings is 8. The molecule has 0 unspecified atom stereocenters. The molecule has 4 N–H and O–H groups in total. The minimum atomic E-state index is 0. The zero-order chi connectivity index (χ0) is 52.4. The van der Waals surface area contributed by atoms with Gasteiger partial charge in [-0.1, -0.05) is 194 Å². The van der Waals surface area contributed by atoms with E-state index in [1.807, 2.05) is 194 Å². The Labute approximate surface area is 489 Å². The molecule has 81 heavy (non-hydrogen) atoms. The minimum Gasteiger partial charge on any atom is -0.324 e. The number of rotatable bonds is 0. The second kappa shape index (κ2) is 18.5. The quantitative estimate of drug-likeness (QED) is 0.111. The third-order valence-electron chi connectivity index (χ3n) is 14.9. The van der Waals surface area contributed by atoms with E-state index in [4.69, 9.17) is 59.8 Å². The second-order valence-electron chi connectivity index (χ2n) is 19.6. The molecule has 0 aliphatic carbocycles. The zero-order valence-corrected chi connectivity index (χ0v) is 45.2. The normalized spacial score (nSPS) is 11.9. The van der Waals surface area contributed by atoms with Crippen molar-refractivity contribution in [3.05, 3.63) is 194 Å². The summed E-state index contributed by atoms with van der Waals surface area (Å²) < 4.78 is 0. The van der Waals surface area contributed by atoms with Gasteiger partial charge in [0.1, 0.15) is 45.2 Å². The van der Waals surface area contributed by atoms with Gasteiger partial charge in [0.25, 0.3) is 0 Å². The maximum absolute atomic E-state index is 5.02. The monoisotopic (exact) mass is 1170 g/mol. The van der Waals surface area contributed by atoms with E-state index in [9.17, 15) is 0 Å². The van der Waals surface area contributed by atoms with E-state index < -0.39 is 0 Å². The molecule has 0 saturated carbocycles. The summed E-state index contributed by atoms with van der Waals surface area (Å²) in [6.45, 7) is 0. The predicted octanol–water partition coefficient (Wildman–Crippen LogP) is 13.7. The molecule has 6 aromatic heterocycles. The largest absolute Gasteiger partial charge is 0.324 e. The summed E-state index contributed by atoms with van der Waals surface area (Å²) in [7, 11) is 0. The van der Waals surface area contributed by atoms with Crippen molar-refractivity contribution in [2.45, 2.75) is 0 Å². The standard InChI is InChI=1S/2C32H18N8.Pm/c2*1-2-10-18-17(9-1)25-33-26(18)38-28-21-13-5-6-14-22(21)30(35-28)40-32-24-16-8-7-15-23(24)31(36-32)39-29-20-12-4-3-11-19(20)27(34-29)37-25;/h2*1-16H,(H2,33,34,35,36,37,38,39,40);. The molecule has 377 valence electrons. The van der Waals surface area contributed by atoms with Crippen molar-refractivity contribution in [2.75, 3.05) is 0 Å². The summed E-state index contributed by atoms with van der Waals surface area (Å²) in [5.41, 5.74) is 12.9. The summed E-state index contributed by atoms with van der Waals surface area (Å²) in [4.78, 5) is 73.5. The van der Waals surface area contributed by atoms with Gasteiger partial charge in [-0.15, -0.1) is 0 Å². The van der Waals surface area contributed by atoms with Crippen LogP contribution in [0.5, 0.6) is 0 Å². The first-order chi connectivity index (χ1) is 39.6. The van der Waals surface area contributed by atoms with Crippen LogP contribution in [0.15, 0.2) is 194 Å². The van der Waals surface area contributed by atoms with Crippen LogP contribution < -0.4 is 0 Å². The van der Waals surface area contributed by atoms with Gasteiger partial charge in [-0.05, 0) is 0 Å². The average molecular weight is 1170 g/mol. The molecule has 8 aromatic carbocycles. The van der Waals surface area contributed by atoms with Crippen LogP contribution in [0.25, 0.3) is 179 Å². The molecule has 0 amide bonds. The first-order valence-corrected chi connectivity index (χ1v) is 26.0. The SMILES string of the molecule is [Pm].c1ccc2c(c1)-c1nc-2nc2[nH]c(nc3nc(nc4[nH]c(n1)c1ccccc41)-c1ccccc1-3)c1ccccc21.c1ccc2c(c1)-c1nc-2nc2[nH]c(nc3nc(nc4[nH]c(n1)c1ccccc41)-c1ccccc1-3)c1ccccc21. The number of fused-ring (bicyclic) bond motifs is 40. The fourth-order valence-electron chi connectivity index (χ4n) is 11.2. The molecule has 14 aromatic rings. The first-order valence-electron chi connectivity index (χ1n) is 26.0. The van der Waals surface area contributed by atoms with Crippen molar-refractivity contribution in [3.8, 4) is 91.1 Å². The Morgan fingerprint density at radius 3 is 0.420 bits per heavy atom. The number of aromatic amines is 4. The van der Waals surface area contributed by atoms with Gasteiger partial charge in [0.2, 0.25) is 0 Å². The van der Waals surface area contributed by atoms with Gasteiger partial charge in [0.05, 0.1) is 0 Å². The molecule has 0 spiro atoms. The van der Waals surface area contributed by atoms with Crippen LogP contribution in [0.1, 0.15) is 0 Å². The van der Waals surface area contributed by atoms with Crippen LogP contribution in [0.3, 0.4) is 0 Å². The summed E-state index contributed by atoms with van der Waals surface area (Å²) in [6, 6.07) is 64.5. The van der Waals surface area contributed by atoms with E-state index in [0.29, 0.717) is 91.8 Å². The number of H-pyrrole nitrogens is 4. The number of aromatic nitrogens is 16. The van der Waals surface area contributed by atoms with Crippen LogP contribution in [-0.2, 0) is 0 Å². The van der Waals surface area contributed by atoms with Crippen molar-refractivity contribution >= 4 is 88.3 Å². The maximum atomic E-state index is 5.02. The van der Waals surface area contributed by atoms with Gasteiger partial charge in [-0.2, -0.15) is 0 Å². The third-order valence-corrected chi connectivity index (χ3v) is 14.9. The molecule has 0 fully saturated rings. The van der Waals surface area contributed by atoms with Crippen LogP contribution in [0, 0.1) is 40.4 Å². The predicted molar refractivity (Wildman–Crippen MR) is 312 cm³/mol. The summed E-state index contributed by atoms with van der Waals surface area (Å²) in [6.07, 6.45) is 0. The third kappa shape index (κ3) is 7.58. The summed E-state index contributed by atoms with van der Waals surface area (Å²) in [5, 5.41) is 7.64. The molecular weight excluding hydrogens is 1140 g/mol. The van der Waals surface area contributed by atoms with Gasteiger partial charge in [0, 0.05) is 128 Å². The molecule has 4 aliphatic rings. The summed E-state index contributed by atoms with van der Waals surface area (Å²) in [5.74, 6) is 4.78. The molecule has 0 saturated heterocycles. The number of nitrogens with one attached hydrogen (secondary N) is 4. The van der Waals surface area contributed by atoms with E-state index in [1.165, 1.54) is 0 Å². The van der Waals surface area contributed by atoms with E-state index in [2.05, 4.69) is 19.9 Å². The molecule has 1 radical (unpaired) electrons. The number of hydrogen-bond donors (Lipinski definition) is 4. The Morgan fingerprint density at radius 2 is 0.284 bits per heavy atom.